The maximum atomic E-state index is 13.6. The number of urea groups is 1. The minimum atomic E-state index is -2.51. The topological polar surface area (TPSA) is 199 Å². The van der Waals surface area contributed by atoms with Crippen LogP contribution in [0.25, 0.3) is 0 Å². The van der Waals surface area contributed by atoms with Crippen molar-refractivity contribution in [2.45, 2.75) is 18.2 Å². The zero-order valence-electron chi connectivity index (χ0n) is 20.7. The third-order valence-corrected chi connectivity index (χ3v) is 6.99. The largest absolute Gasteiger partial charge is 0.464 e. The molecule has 5 N–H and O–H groups in total. The van der Waals surface area contributed by atoms with Crippen LogP contribution in [-0.2, 0) is 26.5 Å². The minimum Gasteiger partial charge on any atom is -0.464 e. The lowest BCUT2D eigenvalue weighted by Gasteiger charge is -2.26. The van der Waals surface area contributed by atoms with E-state index in [9.17, 15) is 29.1 Å². The number of hydrogen-bond acceptors (Lipinski definition) is 11. The molecular formula is C25H21N5O9S. The number of thiazole rings is 1. The molecule has 14 nitrogen and oxygen atoms in total. The van der Waals surface area contributed by atoms with E-state index in [2.05, 4.69) is 20.4 Å². The summed E-state index contributed by atoms with van der Waals surface area (Å²) >= 11 is 0.928. The summed E-state index contributed by atoms with van der Waals surface area (Å²) in [5.41, 5.74) is 3.42. The van der Waals surface area contributed by atoms with Crippen molar-refractivity contribution in [1.29, 1.82) is 0 Å². The number of rotatable bonds is 8. The van der Waals surface area contributed by atoms with Gasteiger partial charge in [0.1, 0.15) is 6.04 Å². The lowest BCUT2D eigenvalue weighted by Crippen LogP contribution is -2.50. The van der Waals surface area contributed by atoms with Crippen LogP contribution in [0.3, 0.4) is 0 Å². The van der Waals surface area contributed by atoms with E-state index in [0.717, 1.165) is 11.3 Å². The molecule has 15 heteroatoms. The molecule has 2 aliphatic heterocycles. The van der Waals surface area contributed by atoms with E-state index in [-0.39, 0.29) is 40.9 Å². The van der Waals surface area contributed by atoms with Crippen LogP contribution in [0.4, 0.5) is 9.93 Å². The summed E-state index contributed by atoms with van der Waals surface area (Å²) in [6.45, 7) is -0.0467. The number of esters is 1. The molecule has 0 bridgehead atoms. The Morgan fingerprint density at radius 1 is 1.20 bits per heavy atom. The van der Waals surface area contributed by atoms with E-state index in [1.165, 1.54) is 55.0 Å². The summed E-state index contributed by atoms with van der Waals surface area (Å²) in [5, 5.41) is 17.5. The highest BCUT2D eigenvalue weighted by Crippen LogP contribution is 2.37. The van der Waals surface area contributed by atoms with Gasteiger partial charge in [0.05, 0.1) is 7.11 Å². The number of carbonyl (C=O) groups is 5. The maximum absolute atomic E-state index is 13.6. The zero-order valence-corrected chi connectivity index (χ0v) is 21.5. The van der Waals surface area contributed by atoms with Crippen molar-refractivity contribution < 1.29 is 43.3 Å². The lowest BCUT2D eigenvalue weighted by atomic mass is 9.99. The average molecular weight is 568 g/mol. The smallest absolute Gasteiger partial charge is 0.357 e. The molecule has 1 fully saturated rings. The summed E-state index contributed by atoms with van der Waals surface area (Å²) in [6.07, 6.45) is -0.198. The molecule has 2 aromatic carbocycles. The second kappa shape index (κ2) is 10.3. The van der Waals surface area contributed by atoms with Crippen LogP contribution in [0.2, 0.25) is 0 Å². The van der Waals surface area contributed by atoms with Crippen LogP contribution in [0.15, 0.2) is 47.8 Å². The molecule has 0 spiro atoms. The zero-order chi connectivity index (χ0) is 28.6. The molecule has 5 rings (SSSR count). The lowest BCUT2D eigenvalue weighted by molar-refractivity contribution is -0.148. The van der Waals surface area contributed by atoms with Gasteiger partial charge < -0.3 is 30.4 Å². The first-order valence-electron chi connectivity index (χ1n) is 11.6. The van der Waals surface area contributed by atoms with Crippen molar-refractivity contribution >= 4 is 46.2 Å². The number of nitrogens with one attached hydrogen (secondary N) is 2. The number of nitrogens with zero attached hydrogens (tertiary/aromatic N) is 2. The predicted octanol–water partition coefficient (Wildman–Crippen LogP) is 0.704. The molecule has 0 saturated carbocycles. The number of aliphatic hydroxyl groups is 1. The first-order chi connectivity index (χ1) is 19.1. The van der Waals surface area contributed by atoms with Crippen molar-refractivity contribution in [1.82, 2.24) is 15.2 Å². The number of ether oxygens (including phenoxy) is 3. The first-order valence-corrected chi connectivity index (χ1v) is 12.5. The van der Waals surface area contributed by atoms with Crippen LogP contribution in [0, 0.1) is 0 Å². The highest BCUT2D eigenvalue weighted by atomic mass is 32.1. The second-order valence-corrected chi connectivity index (χ2v) is 9.54. The molecule has 3 aromatic rings. The maximum Gasteiger partial charge on any atom is 0.357 e. The fraction of sp³-hybridized carbons (Fsp3) is 0.200. The van der Waals surface area contributed by atoms with Crippen LogP contribution in [0.5, 0.6) is 11.5 Å². The van der Waals surface area contributed by atoms with E-state index >= 15 is 0 Å². The molecule has 40 heavy (non-hydrogen) atoms. The number of amides is 5. The monoisotopic (exact) mass is 567 g/mol. The minimum absolute atomic E-state index is 0.00906. The first kappa shape index (κ1) is 26.6. The number of primary amides is 1. The molecule has 1 saturated heterocycles. The highest BCUT2D eigenvalue weighted by Gasteiger charge is 2.55. The number of carbonyl (C=O) groups excluding carboxylic acids is 5. The van der Waals surface area contributed by atoms with Gasteiger partial charge in [0.25, 0.3) is 5.91 Å². The van der Waals surface area contributed by atoms with Crippen LogP contribution in [-0.4, -0.2) is 64.7 Å². The highest BCUT2D eigenvalue weighted by molar-refractivity contribution is 7.14. The molecule has 2 aliphatic rings. The number of anilines is 1. The molecule has 5 amide bonds. The Kier molecular flexibility index (Phi) is 6.83. The Hall–Kier alpha value is -5.02. The van der Waals surface area contributed by atoms with Gasteiger partial charge in [-0.05, 0) is 35.9 Å². The summed E-state index contributed by atoms with van der Waals surface area (Å²) in [7, 11) is 1.18. The molecule has 0 aliphatic carbocycles. The molecule has 1 unspecified atom stereocenters. The number of aromatic nitrogens is 1. The van der Waals surface area contributed by atoms with Crippen LogP contribution < -0.4 is 25.8 Å². The Morgan fingerprint density at radius 2 is 1.93 bits per heavy atom. The molecule has 2 atom stereocenters. The molecule has 0 radical (unpaired) electrons. The summed E-state index contributed by atoms with van der Waals surface area (Å²) in [5.74, 6) is -2.66. The van der Waals surface area contributed by atoms with Crippen LogP contribution in [0.1, 0.15) is 32.0 Å². The van der Waals surface area contributed by atoms with Crippen molar-refractivity contribution in [2.75, 3.05) is 19.2 Å². The van der Waals surface area contributed by atoms with E-state index in [4.69, 9.17) is 15.2 Å². The molecular weight excluding hydrogens is 546 g/mol. The van der Waals surface area contributed by atoms with Gasteiger partial charge in [-0.3, -0.25) is 19.7 Å². The molecule has 3 heterocycles. The summed E-state index contributed by atoms with van der Waals surface area (Å²) < 4.78 is 15.2. The average Bonchev–Trinajstić information content (AvgIpc) is 3.66. The van der Waals surface area contributed by atoms with Gasteiger partial charge in [0, 0.05) is 22.9 Å². The number of hydrogen-bond donors (Lipinski definition) is 4. The number of methoxy groups -OCH3 is 1. The van der Waals surface area contributed by atoms with Gasteiger partial charge in [0.2, 0.25) is 24.3 Å². The van der Waals surface area contributed by atoms with Gasteiger partial charge in [-0.1, -0.05) is 12.1 Å². The Bertz CT molecular complexity index is 1540. The second-order valence-electron chi connectivity index (χ2n) is 8.68. The fourth-order valence-electron chi connectivity index (χ4n) is 4.18. The number of imide groups is 1. The Labute approximate surface area is 229 Å². The quantitative estimate of drug-likeness (QED) is 0.222. The van der Waals surface area contributed by atoms with Gasteiger partial charge in [-0.2, -0.15) is 0 Å². The van der Waals surface area contributed by atoms with E-state index < -0.39 is 41.5 Å². The van der Waals surface area contributed by atoms with E-state index in [0.29, 0.717) is 16.2 Å². The molecule has 1 aromatic heterocycles. The SMILES string of the molecule is COC(=O)c1csc(NC(=O)C(Cc2ccc(C(N)=O)cc2)N2C(=O)N[C@](O)(c3ccc4c(c3)OCO4)C2=O)n1. The number of fused-ring (bicyclic) bond motifs is 1. The fourth-order valence-corrected chi connectivity index (χ4v) is 4.87. The standard InChI is InChI=1S/C25H21N5O9S/c1-37-21(33)15-10-40-23(27-15)28-20(32)16(8-12-2-4-13(5-3-12)19(26)31)30-22(34)25(36,29-24(30)35)14-6-7-17-18(9-14)39-11-38-17/h2-7,9-10,16,36H,8,11H2,1H3,(H2,26,31)(H,29,35)(H,27,28,32)/t16?,25-/m0/s1. The number of benzene rings is 2. The third-order valence-electron chi connectivity index (χ3n) is 6.24. The normalized spacial score (nSPS) is 18.3. The van der Waals surface area contributed by atoms with Gasteiger partial charge in [-0.25, -0.2) is 19.5 Å². The summed E-state index contributed by atoms with van der Waals surface area (Å²) in [6, 6.07) is 7.60. The van der Waals surface area contributed by atoms with Gasteiger partial charge in [-0.15, -0.1) is 11.3 Å². The number of nitrogens with two attached hydrogens (primary N) is 1. The van der Waals surface area contributed by atoms with Crippen LogP contribution >= 0.6 is 11.3 Å². The Balaban J connectivity index is 1.47. The van der Waals surface area contributed by atoms with Crippen molar-refractivity contribution in [2.24, 2.45) is 5.73 Å². The van der Waals surface area contributed by atoms with Gasteiger partial charge >= 0.3 is 12.0 Å². The Morgan fingerprint density at radius 3 is 2.62 bits per heavy atom. The van der Waals surface area contributed by atoms with Crippen molar-refractivity contribution in [3.05, 3.63) is 70.2 Å². The molecule has 206 valence electrons. The van der Waals surface area contributed by atoms with Gasteiger partial charge in [0.15, 0.2) is 22.3 Å². The van der Waals surface area contributed by atoms with E-state index in [1.807, 2.05) is 0 Å². The predicted molar refractivity (Wildman–Crippen MR) is 136 cm³/mol. The third kappa shape index (κ3) is 4.78. The van der Waals surface area contributed by atoms with E-state index in [1.54, 1.807) is 0 Å². The van der Waals surface area contributed by atoms with Crippen molar-refractivity contribution in [3.63, 3.8) is 0 Å². The van der Waals surface area contributed by atoms with Crippen molar-refractivity contribution in [3.8, 4) is 11.5 Å². The summed E-state index contributed by atoms with van der Waals surface area (Å²) in [4.78, 5) is 68.1.